The summed E-state index contributed by atoms with van der Waals surface area (Å²) in [6, 6.07) is 11.0. The van der Waals surface area contributed by atoms with Gasteiger partial charge in [-0.15, -0.1) is 0 Å². The van der Waals surface area contributed by atoms with Crippen LogP contribution >= 0.6 is 0 Å². The Morgan fingerprint density at radius 2 is 2.17 bits per heavy atom. The molecule has 0 unspecified atom stereocenters. The van der Waals surface area contributed by atoms with E-state index in [0.29, 0.717) is 5.88 Å². The molecular weight excluding hydrogens is 385 g/mol. The Hall–Kier alpha value is -3.73. The van der Waals surface area contributed by atoms with Gasteiger partial charge in [0.1, 0.15) is 11.9 Å². The standard InChI is InChI=1S/C22H20FN5O2/c1-30-21-11-14(7-8-25-21)19-12-20-18(4-2-3-9-28(20)27-19)26-22(29)15-5-6-17(23)16(10-15)13-24/h5-8,10-12,18H,2-4,9H2,1H3,(H,26,29)/t18-/m1/s1. The summed E-state index contributed by atoms with van der Waals surface area (Å²) in [6.07, 6.45) is 4.33. The number of hydrogen-bond donors (Lipinski definition) is 1. The highest BCUT2D eigenvalue weighted by Crippen LogP contribution is 2.29. The summed E-state index contributed by atoms with van der Waals surface area (Å²) in [5.41, 5.74) is 2.67. The predicted molar refractivity (Wildman–Crippen MR) is 107 cm³/mol. The molecule has 0 aliphatic carbocycles. The minimum Gasteiger partial charge on any atom is -0.481 e. The van der Waals surface area contributed by atoms with Crippen LogP contribution in [0.3, 0.4) is 0 Å². The molecule has 1 amide bonds. The first-order valence-corrected chi connectivity index (χ1v) is 9.67. The lowest BCUT2D eigenvalue weighted by Crippen LogP contribution is -2.29. The van der Waals surface area contributed by atoms with Crippen LogP contribution in [-0.4, -0.2) is 27.8 Å². The van der Waals surface area contributed by atoms with Gasteiger partial charge in [0.25, 0.3) is 5.91 Å². The van der Waals surface area contributed by atoms with Crippen LogP contribution < -0.4 is 10.1 Å². The highest BCUT2D eigenvalue weighted by Gasteiger charge is 2.24. The Morgan fingerprint density at radius 1 is 1.30 bits per heavy atom. The van der Waals surface area contributed by atoms with Gasteiger partial charge in [0, 0.05) is 29.9 Å². The number of benzene rings is 1. The molecule has 0 bridgehead atoms. The second-order valence-electron chi connectivity index (χ2n) is 7.09. The number of amides is 1. The Morgan fingerprint density at radius 3 is 2.97 bits per heavy atom. The predicted octanol–water partition coefficient (Wildman–Crippen LogP) is 3.62. The molecule has 3 aromatic rings. The lowest BCUT2D eigenvalue weighted by Gasteiger charge is -2.17. The van der Waals surface area contributed by atoms with Gasteiger partial charge < -0.3 is 10.1 Å². The fraction of sp³-hybridized carbons (Fsp3) is 0.273. The fourth-order valence-electron chi connectivity index (χ4n) is 3.61. The van der Waals surface area contributed by atoms with E-state index in [1.165, 1.54) is 12.1 Å². The first-order chi connectivity index (χ1) is 14.6. The van der Waals surface area contributed by atoms with Crippen molar-refractivity contribution in [2.45, 2.75) is 31.8 Å². The maximum atomic E-state index is 13.6. The number of nitrogens with zero attached hydrogens (tertiary/aromatic N) is 4. The maximum absolute atomic E-state index is 13.6. The molecule has 152 valence electrons. The van der Waals surface area contributed by atoms with E-state index in [4.69, 9.17) is 15.1 Å². The quantitative estimate of drug-likeness (QED) is 0.716. The third-order valence-corrected chi connectivity index (χ3v) is 5.17. The molecule has 7 nitrogen and oxygen atoms in total. The first kappa shape index (κ1) is 19.6. The van der Waals surface area contributed by atoms with Crippen molar-refractivity contribution in [3.05, 3.63) is 65.2 Å². The Kier molecular flexibility index (Phi) is 5.44. The van der Waals surface area contributed by atoms with Crippen LogP contribution in [0.2, 0.25) is 0 Å². The van der Waals surface area contributed by atoms with Gasteiger partial charge in [0.2, 0.25) is 5.88 Å². The van der Waals surface area contributed by atoms with E-state index in [1.807, 2.05) is 22.9 Å². The topological polar surface area (TPSA) is 92.8 Å². The number of nitrogens with one attached hydrogen (secondary N) is 1. The van der Waals surface area contributed by atoms with Gasteiger partial charge in [0.05, 0.1) is 30.1 Å². The zero-order valence-corrected chi connectivity index (χ0v) is 16.4. The normalized spacial score (nSPS) is 15.6. The molecule has 8 heteroatoms. The molecule has 1 atom stereocenters. The molecule has 1 aliphatic heterocycles. The Labute approximate surface area is 173 Å². The summed E-state index contributed by atoms with van der Waals surface area (Å²) in [5, 5.41) is 16.8. The van der Waals surface area contributed by atoms with Gasteiger partial charge in [-0.25, -0.2) is 9.37 Å². The van der Waals surface area contributed by atoms with Crippen molar-refractivity contribution in [2.75, 3.05) is 7.11 Å². The van der Waals surface area contributed by atoms with E-state index in [9.17, 15) is 9.18 Å². The molecule has 1 aliphatic rings. The van der Waals surface area contributed by atoms with Gasteiger partial charge in [-0.2, -0.15) is 10.4 Å². The molecule has 4 rings (SSSR count). The summed E-state index contributed by atoms with van der Waals surface area (Å²) in [4.78, 5) is 16.9. The summed E-state index contributed by atoms with van der Waals surface area (Å²) >= 11 is 0. The van der Waals surface area contributed by atoms with Crippen molar-refractivity contribution in [3.8, 4) is 23.2 Å². The molecule has 0 saturated heterocycles. The van der Waals surface area contributed by atoms with E-state index >= 15 is 0 Å². The average molecular weight is 405 g/mol. The molecule has 0 fully saturated rings. The number of halogens is 1. The first-order valence-electron chi connectivity index (χ1n) is 9.67. The number of aryl methyl sites for hydroxylation is 1. The fourth-order valence-corrected chi connectivity index (χ4v) is 3.61. The van der Waals surface area contributed by atoms with E-state index in [2.05, 4.69) is 10.3 Å². The van der Waals surface area contributed by atoms with Gasteiger partial charge in [0.15, 0.2) is 0 Å². The Balaban J connectivity index is 1.62. The van der Waals surface area contributed by atoms with Crippen molar-refractivity contribution in [1.82, 2.24) is 20.1 Å². The number of pyridine rings is 1. The number of methoxy groups -OCH3 is 1. The summed E-state index contributed by atoms with van der Waals surface area (Å²) in [7, 11) is 1.56. The summed E-state index contributed by atoms with van der Waals surface area (Å²) < 4.78 is 20.7. The van der Waals surface area contributed by atoms with E-state index < -0.39 is 5.82 Å². The molecule has 0 radical (unpaired) electrons. The van der Waals surface area contributed by atoms with Crippen molar-refractivity contribution in [3.63, 3.8) is 0 Å². The number of carbonyl (C=O) groups excluding carboxylic acids is 1. The minimum absolute atomic E-state index is 0.150. The number of nitriles is 1. The van der Waals surface area contributed by atoms with Gasteiger partial charge in [-0.05, 0) is 49.6 Å². The maximum Gasteiger partial charge on any atom is 0.251 e. The summed E-state index contributed by atoms with van der Waals surface area (Å²) in [6.45, 7) is 0.763. The zero-order chi connectivity index (χ0) is 21.1. The molecule has 1 aromatic carbocycles. The molecule has 30 heavy (non-hydrogen) atoms. The number of aromatic nitrogens is 3. The van der Waals surface area contributed by atoms with Gasteiger partial charge in [-0.1, -0.05) is 0 Å². The smallest absolute Gasteiger partial charge is 0.251 e. The SMILES string of the molecule is COc1cc(-c2cc3n(n2)CCCC[C@H]3NC(=O)c2ccc(F)c(C#N)c2)ccn1. The van der Waals surface area contributed by atoms with Crippen molar-refractivity contribution < 1.29 is 13.9 Å². The number of hydrogen-bond acceptors (Lipinski definition) is 5. The van der Waals surface area contributed by atoms with Crippen LogP contribution in [0.1, 0.15) is 46.9 Å². The lowest BCUT2D eigenvalue weighted by molar-refractivity contribution is 0.0933. The highest BCUT2D eigenvalue weighted by molar-refractivity contribution is 5.94. The summed E-state index contributed by atoms with van der Waals surface area (Å²) in [5.74, 6) is -0.484. The van der Waals surface area contributed by atoms with Crippen molar-refractivity contribution in [2.24, 2.45) is 0 Å². The molecule has 1 N–H and O–H groups in total. The molecule has 0 saturated carbocycles. The monoisotopic (exact) mass is 405 g/mol. The third kappa shape index (κ3) is 3.87. The second-order valence-corrected chi connectivity index (χ2v) is 7.09. The van der Waals surface area contributed by atoms with Gasteiger partial charge >= 0.3 is 0 Å². The largest absolute Gasteiger partial charge is 0.481 e. The minimum atomic E-state index is -0.640. The van der Waals surface area contributed by atoms with E-state index in [0.717, 1.165) is 48.8 Å². The number of fused-ring (bicyclic) bond motifs is 1. The zero-order valence-electron chi connectivity index (χ0n) is 16.4. The molecular formula is C22H20FN5O2. The third-order valence-electron chi connectivity index (χ3n) is 5.17. The van der Waals surface area contributed by atoms with Crippen LogP contribution in [0, 0.1) is 17.1 Å². The van der Waals surface area contributed by atoms with E-state index in [1.54, 1.807) is 19.4 Å². The van der Waals surface area contributed by atoms with Crippen molar-refractivity contribution >= 4 is 5.91 Å². The molecule has 0 spiro atoms. The van der Waals surface area contributed by atoms with Crippen LogP contribution in [-0.2, 0) is 6.54 Å². The number of rotatable bonds is 4. The van der Waals surface area contributed by atoms with Crippen LogP contribution in [0.25, 0.3) is 11.3 Å². The average Bonchev–Trinajstić information content (AvgIpc) is 3.11. The van der Waals surface area contributed by atoms with E-state index in [-0.39, 0.29) is 23.1 Å². The molecule has 3 heterocycles. The van der Waals surface area contributed by atoms with Crippen LogP contribution in [0.4, 0.5) is 4.39 Å². The van der Waals surface area contributed by atoms with Gasteiger partial charge in [-0.3, -0.25) is 9.48 Å². The number of ether oxygens (including phenoxy) is 1. The number of carbonyl (C=O) groups is 1. The lowest BCUT2D eigenvalue weighted by atomic mass is 10.0. The van der Waals surface area contributed by atoms with Crippen molar-refractivity contribution in [1.29, 1.82) is 5.26 Å². The van der Waals surface area contributed by atoms with Crippen LogP contribution in [0.15, 0.2) is 42.6 Å². The molecule has 2 aromatic heterocycles. The second kappa shape index (κ2) is 8.33. The Bertz CT molecular complexity index is 1130. The van der Waals surface area contributed by atoms with Crippen LogP contribution in [0.5, 0.6) is 5.88 Å². The highest BCUT2D eigenvalue weighted by atomic mass is 19.1.